The number of benzene rings is 1. The van der Waals surface area contributed by atoms with E-state index in [-0.39, 0.29) is 11.7 Å². The molecule has 0 spiro atoms. The molecule has 1 aromatic carbocycles. The van der Waals surface area contributed by atoms with Crippen molar-refractivity contribution in [3.05, 3.63) is 57.0 Å². The molecule has 4 rings (SSSR count). The topological polar surface area (TPSA) is 56.5 Å². The van der Waals surface area contributed by atoms with Gasteiger partial charge in [0.2, 0.25) is 0 Å². The van der Waals surface area contributed by atoms with Crippen LogP contribution < -0.4 is 10.3 Å². The van der Waals surface area contributed by atoms with Crippen LogP contribution in [-0.2, 0) is 12.8 Å². The second kappa shape index (κ2) is 7.03. The van der Waals surface area contributed by atoms with E-state index >= 15 is 0 Å². The Kier molecular flexibility index (Phi) is 4.59. The fourth-order valence-corrected chi connectivity index (χ4v) is 4.51. The van der Waals surface area contributed by atoms with E-state index < -0.39 is 0 Å². The van der Waals surface area contributed by atoms with Gasteiger partial charge in [0.05, 0.1) is 17.7 Å². The molecular formula is C20H21N3O2S. The number of para-hydroxylation sites is 1. The highest BCUT2D eigenvalue weighted by Gasteiger charge is 2.19. The van der Waals surface area contributed by atoms with Crippen molar-refractivity contribution >= 4 is 27.8 Å². The summed E-state index contributed by atoms with van der Waals surface area (Å²) in [6.45, 7) is 3.96. The van der Waals surface area contributed by atoms with Gasteiger partial charge in [-0.2, -0.15) is 9.78 Å². The number of hydrogen-bond donors (Lipinski definition) is 0. The van der Waals surface area contributed by atoms with E-state index in [1.807, 2.05) is 38.1 Å². The number of aromatic nitrogens is 2. The predicted molar refractivity (Wildman–Crippen MR) is 106 cm³/mol. The maximum atomic E-state index is 12.9. The average Bonchev–Trinajstić information content (AvgIpc) is 3.01. The molecule has 2 aromatic heterocycles. The number of nitrogens with zero attached hydrogens (tertiary/aromatic N) is 3. The average molecular weight is 367 g/mol. The quantitative estimate of drug-likeness (QED) is 0.655. The number of fused-ring (bicyclic) bond motifs is 3. The van der Waals surface area contributed by atoms with Crippen molar-refractivity contribution in [1.29, 1.82) is 0 Å². The van der Waals surface area contributed by atoms with Gasteiger partial charge < -0.3 is 4.74 Å². The zero-order valence-electron chi connectivity index (χ0n) is 14.9. The minimum Gasteiger partial charge on any atom is -0.490 e. The summed E-state index contributed by atoms with van der Waals surface area (Å²) in [5, 5.41) is 5.11. The molecule has 3 aromatic rings. The lowest BCUT2D eigenvalue weighted by molar-refractivity contribution is 0.242. The van der Waals surface area contributed by atoms with E-state index in [1.165, 1.54) is 27.9 Å². The van der Waals surface area contributed by atoms with Gasteiger partial charge >= 0.3 is 0 Å². The van der Waals surface area contributed by atoms with Crippen LogP contribution in [0.25, 0.3) is 10.2 Å². The summed E-state index contributed by atoms with van der Waals surface area (Å²) < 4.78 is 7.13. The Hall–Kier alpha value is -2.47. The Morgan fingerprint density at radius 3 is 2.92 bits per heavy atom. The van der Waals surface area contributed by atoms with Gasteiger partial charge in [0.1, 0.15) is 16.9 Å². The summed E-state index contributed by atoms with van der Waals surface area (Å²) >= 11 is 1.65. The smallest absolute Gasteiger partial charge is 0.282 e. The van der Waals surface area contributed by atoms with Crippen molar-refractivity contribution in [1.82, 2.24) is 9.66 Å². The van der Waals surface area contributed by atoms with Crippen molar-refractivity contribution in [2.75, 3.05) is 0 Å². The Morgan fingerprint density at radius 1 is 1.27 bits per heavy atom. The lowest BCUT2D eigenvalue weighted by atomic mass is 9.97. The van der Waals surface area contributed by atoms with Crippen LogP contribution in [0.15, 0.2) is 40.5 Å². The molecule has 0 atom stereocenters. The number of aryl methyl sites for hydroxylation is 2. The third-order valence-corrected chi connectivity index (χ3v) is 5.66. The van der Waals surface area contributed by atoms with E-state index in [0.717, 1.165) is 40.8 Å². The fraction of sp³-hybridized carbons (Fsp3) is 0.350. The lowest BCUT2D eigenvalue weighted by Gasteiger charge is -2.11. The molecule has 0 unspecified atom stereocenters. The van der Waals surface area contributed by atoms with Gasteiger partial charge in [0.25, 0.3) is 5.56 Å². The normalized spacial score (nSPS) is 14.3. The molecule has 0 amide bonds. The number of thiophene rings is 1. The molecule has 0 bridgehead atoms. The lowest BCUT2D eigenvalue weighted by Crippen LogP contribution is -2.18. The summed E-state index contributed by atoms with van der Waals surface area (Å²) in [6, 6.07) is 7.67. The number of hydrogen-bond acceptors (Lipinski definition) is 5. The second-order valence-electron chi connectivity index (χ2n) is 6.73. The second-order valence-corrected chi connectivity index (χ2v) is 7.82. The molecule has 0 aliphatic heterocycles. The van der Waals surface area contributed by atoms with Crippen molar-refractivity contribution in [3.63, 3.8) is 0 Å². The van der Waals surface area contributed by atoms with Crippen LogP contribution in [0, 0.1) is 0 Å². The zero-order valence-corrected chi connectivity index (χ0v) is 15.8. The molecule has 0 saturated carbocycles. The predicted octanol–water partition coefficient (Wildman–Crippen LogP) is 4.01. The zero-order chi connectivity index (χ0) is 18.1. The highest BCUT2D eigenvalue weighted by molar-refractivity contribution is 7.18. The molecule has 0 saturated heterocycles. The van der Waals surface area contributed by atoms with Crippen LogP contribution in [0.1, 0.15) is 42.7 Å². The molecule has 1 aliphatic carbocycles. The van der Waals surface area contributed by atoms with Crippen LogP contribution in [-0.4, -0.2) is 22.0 Å². The number of rotatable bonds is 4. The van der Waals surface area contributed by atoms with E-state index in [4.69, 9.17) is 4.74 Å². The van der Waals surface area contributed by atoms with E-state index in [0.29, 0.717) is 0 Å². The molecular weight excluding hydrogens is 346 g/mol. The summed E-state index contributed by atoms with van der Waals surface area (Å²) in [5.41, 5.74) is 1.93. The van der Waals surface area contributed by atoms with Crippen LogP contribution in [0.2, 0.25) is 0 Å². The van der Waals surface area contributed by atoms with Gasteiger partial charge in [-0.15, -0.1) is 11.3 Å². The molecule has 6 heteroatoms. The van der Waals surface area contributed by atoms with Crippen molar-refractivity contribution in [2.45, 2.75) is 45.6 Å². The van der Waals surface area contributed by atoms with Gasteiger partial charge in [-0.3, -0.25) is 4.79 Å². The third kappa shape index (κ3) is 3.17. The first-order valence-corrected chi connectivity index (χ1v) is 9.77. The Morgan fingerprint density at radius 2 is 2.08 bits per heavy atom. The number of ether oxygens (including phenoxy) is 1. The highest BCUT2D eigenvalue weighted by Crippen LogP contribution is 2.33. The molecule has 1 aliphatic rings. The maximum Gasteiger partial charge on any atom is 0.282 e. The summed E-state index contributed by atoms with van der Waals surface area (Å²) in [4.78, 5) is 19.5. The maximum absolute atomic E-state index is 12.9. The van der Waals surface area contributed by atoms with E-state index in [1.54, 1.807) is 17.6 Å². The minimum atomic E-state index is -0.0899. The Balaban J connectivity index is 1.73. The first kappa shape index (κ1) is 17.0. The first-order chi connectivity index (χ1) is 12.6. The van der Waals surface area contributed by atoms with Crippen molar-refractivity contribution in [2.24, 2.45) is 5.10 Å². The Bertz CT molecular complexity index is 1030. The van der Waals surface area contributed by atoms with Crippen molar-refractivity contribution < 1.29 is 4.74 Å². The molecule has 0 radical (unpaired) electrons. The summed E-state index contributed by atoms with van der Waals surface area (Å²) in [7, 11) is 0. The molecule has 134 valence electrons. The molecule has 2 heterocycles. The van der Waals surface area contributed by atoms with Crippen LogP contribution >= 0.6 is 11.3 Å². The third-order valence-electron chi connectivity index (χ3n) is 4.46. The van der Waals surface area contributed by atoms with Gasteiger partial charge in [-0.1, -0.05) is 12.1 Å². The standard InChI is InChI=1S/C20H21N3O2S/c1-13(2)25-16-9-5-3-7-14(16)11-22-23-12-21-19-18(20(23)24)15-8-4-6-10-17(15)26-19/h3,5,7,9,11-13H,4,6,8,10H2,1-2H3/b22-11-. The fourth-order valence-electron chi connectivity index (χ4n) is 3.29. The molecule has 26 heavy (non-hydrogen) atoms. The van der Waals surface area contributed by atoms with Gasteiger partial charge in [0.15, 0.2) is 0 Å². The monoisotopic (exact) mass is 367 g/mol. The van der Waals surface area contributed by atoms with Gasteiger partial charge in [-0.05, 0) is 57.2 Å². The minimum absolute atomic E-state index is 0.0719. The van der Waals surface area contributed by atoms with Crippen molar-refractivity contribution in [3.8, 4) is 5.75 Å². The molecule has 0 fully saturated rings. The SMILES string of the molecule is CC(C)Oc1ccccc1/C=N\n1cnc2sc3c(c2c1=O)CCCC3. The summed E-state index contributed by atoms with van der Waals surface area (Å²) in [6.07, 6.45) is 7.59. The van der Waals surface area contributed by atoms with E-state index in [9.17, 15) is 4.79 Å². The van der Waals surface area contributed by atoms with Crippen LogP contribution in [0.5, 0.6) is 5.75 Å². The van der Waals surface area contributed by atoms with E-state index in [2.05, 4.69) is 10.1 Å². The largest absolute Gasteiger partial charge is 0.490 e. The Labute approximate surface area is 156 Å². The molecule has 0 N–H and O–H groups in total. The van der Waals surface area contributed by atoms with Gasteiger partial charge in [-0.25, -0.2) is 4.98 Å². The van der Waals surface area contributed by atoms with Crippen LogP contribution in [0.4, 0.5) is 0 Å². The first-order valence-electron chi connectivity index (χ1n) is 8.95. The van der Waals surface area contributed by atoms with Crippen LogP contribution in [0.3, 0.4) is 0 Å². The summed E-state index contributed by atoms with van der Waals surface area (Å²) in [5.74, 6) is 0.751. The highest BCUT2D eigenvalue weighted by atomic mass is 32.1. The molecule has 5 nitrogen and oxygen atoms in total. The van der Waals surface area contributed by atoms with Gasteiger partial charge in [0, 0.05) is 10.4 Å².